The Morgan fingerprint density at radius 1 is 1.22 bits per heavy atom. The maximum Gasteiger partial charge on any atom is 0.414 e. The van der Waals surface area contributed by atoms with Gasteiger partial charge in [0.2, 0.25) is 0 Å². The quantitative estimate of drug-likeness (QED) is 0.935. The van der Waals surface area contributed by atoms with Crippen LogP contribution in [0.25, 0.3) is 0 Å². The first kappa shape index (κ1) is 15.6. The molecule has 2 heterocycles. The number of nitrogens with zero attached hydrogens (tertiary/aromatic N) is 3. The summed E-state index contributed by atoms with van der Waals surface area (Å²) in [6.45, 7) is 1.22. The van der Waals surface area contributed by atoms with Gasteiger partial charge in [0, 0.05) is 50.2 Å². The van der Waals surface area contributed by atoms with E-state index in [1.807, 2.05) is 17.1 Å². The summed E-state index contributed by atoms with van der Waals surface area (Å²) in [5, 5.41) is 2.68. The third-order valence-corrected chi connectivity index (χ3v) is 3.91. The monoisotopic (exact) mass is 332 g/mol. The lowest BCUT2D eigenvalue weighted by molar-refractivity contribution is 0.171. The first-order valence-electron chi connectivity index (χ1n) is 7.15. The van der Waals surface area contributed by atoms with Crippen LogP contribution in [0.2, 0.25) is 5.02 Å². The molecule has 0 fully saturated rings. The average molecular weight is 333 g/mol. The van der Waals surface area contributed by atoms with E-state index in [0.717, 1.165) is 16.8 Å². The van der Waals surface area contributed by atoms with Gasteiger partial charge in [-0.15, -0.1) is 0 Å². The fourth-order valence-corrected chi connectivity index (χ4v) is 2.63. The molecule has 1 aromatic carbocycles. The Balaban J connectivity index is 1.80. The lowest BCUT2D eigenvalue weighted by Gasteiger charge is -2.17. The molecule has 1 amide bonds. The van der Waals surface area contributed by atoms with Crippen molar-refractivity contribution in [1.29, 1.82) is 0 Å². The highest BCUT2D eigenvalue weighted by atomic mass is 35.5. The van der Waals surface area contributed by atoms with E-state index in [9.17, 15) is 4.79 Å². The largest absolute Gasteiger partial charge is 0.414 e. The Morgan fingerprint density at radius 2 is 1.91 bits per heavy atom. The molecule has 0 atom stereocenters. The Labute approximate surface area is 139 Å². The second-order valence-corrected chi connectivity index (χ2v) is 5.88. The number of carbonyl (C=O) groups is 1. The predicted octanol–water partition coefficient (Wildman–Crippen LogP) is 3.14. The van der Waals surface area contributed by atoms with Gasteiger partial charge < -0.3 is 15.1 Å². The molecule has 7 heteroatoms. The number of aromatic nitrogens is 1. The van der Waals surface area contributed by atoms with Gasteiger partial charge in [0.25, 0.3) is 0 Å². The van der Waals surface area contributed by atoms with Crippen LogP contribution >= 0.6 is 11.6 Å². The van der Waals surface area contributed by atoms with Gasteiger partial charge in [0.05, 0.1) is 5.69 Å². The molecule has 1 N–H and O–H groups in total. The number of halogens is 1. The normalized spacial score (nSPS) is 13.5. The molecule has 3 rings (SSSR count). The maximum absolute atomic E-state index is 11.8. The van der Waals surface area contributed by atoms with Crippen LogP contribution in [0.3, 0.4) is 0 Å². The molecule has 0 radical (unpaired) electrons. The van der Waals surface area contributed by atoms with Crippen molar-refractivity contribution >= 4 is 23.4 Å². The van der Waals surface area contributed by atoms with Crippen molar-refractivity contribution in [3.05, 3.63) is 52.8 Å². The van der Waals surface area contributed by atoms with E-state index in [2.05, 4.69) is 10.4 Å². The van der Waals surface area contributed by atoms with Crippen LogP contribution in [0.4, 0.5) is 10.5 Å². The fourth-order valence-electron chi connectivity index (χ4n) is 2.39. The molecule has 0 bridgehead atoms. The van der Waals surface area contributed by atoms with E-state index in [-0.39, 0.29) is 0 Å². The van der Waals surface area contributed by atoms with Crippen LogP contribution < -0.4 is 10.2 Å². The van der Waals surface area contributed by atoms with Crippen LogP contribution in [0, 0.1) is 0 Å². The molecule has 2 aromatic rings. The summed E-state index contributed by atoms with van der Waals surface area (Å²) in [5.41, 5.74) is 6.14. The van der Waals surface area contributed by atoms with Gasteiger partial charge >= 0.3 is 6.09 Å². The molecule has 1 aromatic heterocycles. The van der Waals surface area contributed by atoms with Crippen molar-refractivity contribution in [3.63, 3.8) is 0 Å². The second-order valence-electron chi connectivity index (χ2n) is 5.47. The zero-order chi connectivity index (χ0) is 16.4. The van der Waals surface area contributed by atoms with Crippen LogP contribution in [-0.4, -0.2) is 35.1 Å². The highest BCUT2D eigenvalue weighted by molar-refractivity contribution is 6.31. The van der Waals surface area contributed by atoms with Crippen molar-refractivity contribution < 1.29 is 9.53 Å². The van der Waals surface area contributed by atoms with Gasteiger partial charge in [0.1, 0.15) is 5.75 Å². The molecule has 0 aliphatic carbocycles. The topological polar surface area (TPSA) is 57.7 Å². The average Bonchev–Trinajstić information content (AvgIpc) is 2.95. The molecule has 0 unspecified atom stereocenters. The number of benzene rings is 1. The molecule has 1 aliphatic rings. The number of nitrogens with one attached hydrogen (secondary N) is 1. The van der Waals surface area contributed by atoms with Crippen molar-refractivity contribution in [2.45, 2.75) is 13.1 Å². The smallest absolute Gasteiger partial charge is 0.410 e. The van der Waals surface area contributed by atoms with Crippen LogP contribution in [0.15, 0.2) is 36.7 Å². The summed E-state index contributed by atoms with van der Waals surface area (Å²) < 4.78 is 5.44. The van der Waals surface area contributed by atoms with Crippen molar-refractivity contribution in [2.75, 3.05) is 19.5 Å². The molecule has 1 aliphatic heterocycles. The van der Waals surface area contributed by atoms with E-state index in [1.165, 1.54) is 4.90 Å². The molecule has 0 saturated carbocycles. The number of amides is 1. The molecule has 0 spiro atoms. The molecule has 6 nitrogen and oxygen atoms in total. The van der Waals surface area contributed by atoms with Gasteiger partial charge in [-0.05, 0) is 29.8 Å². The maximum atomic E-state index is 11.8. The highest BCUT2D eigenvalue weighted by Gasteiger charge is 2.26. The summed E-state index contributed by atoms with van der Waals surface area (Å²) in [4.78, 5) is 17.2. The molecule has 120 valence electrons. The number of ether oxygens (including phenoxy) is 1. The molecule has 0 saturated heterocycles. The zero-order valence-electron chi connectivity index (χ0n) is 12.9. The second kappa shape index (κ2) is 6.44. The number of carbonyl (C=O) groups excluding carboxylic acids is 1. The van der Waals surface area contributed by atoms with Crippen molar-refractivity contribution in [1.82, 2.24) is 14.9 Å². The van der Waals surface area contributed by atoms with Crippen molar-refractivity contribution in [2.24, 2.45) is 0 Å². The van der Waals surface area contributed by atoms with Crippen LogP contribution in [-0.2, 0) is 13.1 Å². The predicted molar refractivity (Wildman–Crippen MR) is 88.3 cm³/mol. The van der Waals surface area contributed by atoms with Gasteiger partial charge in [-0.1, -0.05) is 11.6 Å². The third kappa shape index (κ3) is 3.38. The number of rotatable bonds is 3. The fraction of sp³-hybridized carbons (Fsp3) is 0.250. The van der Waals surface area contributed by atoms with Crippen LogP contribution in [0.1, 0.15) is 11.1 Å². The third-order valence-electron chi connectivity index (χ3n) is 3.56. The van der Waals surface area contributed by atoms with Crippen molar-refractivity contribution in [3.8, 4) is 5.75 Å². The van der Waals surface area contributed by atoms with E-state index in [1.54, 1.807) is 38.6 Å². The Bertz CT molecular complexity index is 722. The molecular formula is C16H17ClN4O2. The van der Waals surface area contributed by atoms with Gasteiger partial charge in [-0.25, -0.2) is 9.80 Å². The van der Waals surface area contributed by atoms with E-state index < -0.39 is 6.09 Å². The first-order chi connectivity index (χ1) is 11.0. The highest BCUT2D eigenvalue weighted by Crippen LogP contribution is 2.36. The first-order valence-corrected chi connectivity index (χ1v) is 7.53. The van der Waals surface area contributed by atoms with Gasteiger partial charge in [-0.2, -0.15) is 0 Å². The van der Waals surface area contributed by atoms with E-state index >= 15 is 0 Å². The number of hydrazine groups is 1. The lowest BCUT2D eigenvalue weighted by Crippen LogP contribution is -2.26. The SMILES string of the molecule is CN(C)C(=O)Oc1ccc(Cl)c2c1CN(Nc1ccncc1)C2. The number of pyridine rings is 1. The number of fused-ring (bicyclic) bond motifs is 1. The minimum Gasteiger partial charge on any atom is -0.410 e. The standard InChI is InChI=1S/C16H17ClN4O2/c1-20(2)16(22)23-15-4-3-14(17)12-9-21(10-13(12)15)19-11-5-7-18-8-6-11/h3-8H,9-10H2,1-2H3,(H,18,19). The summed E-state index contributed by atoms with van der Waals surface area (Å²) in [6, 6.07) is 7.27. The Hall–Kier alpha value is -2.31. The van der Waals surface area contributed by atoms with Crippen LogP contribution in [0.5, 0.6) is 5.75 Å². The summed E-state index contributed by atoms with van der Waals surface area (Å²) in [7, 11) is 3.30. The summed E-state index contributed by atoms with van der Waals surface area (Å²) in [5.74, 6) is 0.544. The molecule has 23 heavy (non-hydrogen) atoms. The number of hydrogen-bond donors (Lipinski definition) is 1. The number of hydrogen-bond acceptors (Lipinski definition) is 5. The minimum absolute atomic E-state index is 0.407. The van der Waals surface area contributed by atoms with Gasteiger partial charge in [-0.3, -0.25) is 4.98 Å². The minimum atomic E-state index is -0.407. The van der Waals surface area contributed by atoms with E-state index in [0.29, 0.717) is 23.9 Å². The summed E-state index contributed by atoms with van der Waals surface area (Å²) >= 11 is 6.29. The number of anilines is 1. The Kier molecular flexibility index (Phi) is 4.36. The lowest BCUT2D eigenvalue weighted by atomic mass is 10.1. The zero-order valence-corrected chi connectivity index (χ0v) is 13.7. The Morgan fingerprint density at radius 3 is 2.61 bits per heavy atom. The van der Waals surface area contributed by atoms with E-state index in [4.69, 9.17) is 16.3 Å². The molecular weight excluding hydrogens is 316 g/mol. The van der Waals surface area contributed by atoms with Gasteiger partial charge in [0.15, 0.2) is 0 Å². The summed E-state index contributed by atoms with van der Waals surface area (Å²) in [6.07, 6.45) is 3.04.